The van der Waals surface area contributed by atoms with Gasteiger partial charge in [-0.05, 0) is 49.2 Å². The van der Waals surface area contributed by atoms with Gasteiger partial charge in [0, 0.05) is 11.7 Å². The van der Waals surface area contributed by atoms with Crippen molar-refractivity contribution in [2.24, 2.45) is 0 Å². The second kappa shape index (κ2) is 8.08. The van der Waals surface area contributed by atoms with E-state index in [1.807, 2.05) is 0 Å². The molecule has 136 valence electrons. The largest absolute Gasteiger partial charge is 0.349 e. The van der Waals surface area contributed by atoms with E-state index in [-0.39, 0.29) is 17.2 Å². The fourth-order valence-electron chi connectivity index (χ4n) is 3.12. The Morgan fingerprint density at radius 2 is 1.46 bits per heavy atom. The standard InChI is InChI=1S/C20H20F2N2O2/c21-13-9-11-15(12-10-13)24-20(26)17-8-4-7-16(18(17)22)19(25)23-14-5-2-1-3-6-14/h4,7-12,14H,1-3,5-6H2,(H,23,25)(H,24,26). The van der Waals surface area contributed by atoms with Gasteiger partial charge in [0.1, 0.15) is 11.6 Å². The van der Waals surface area contributed by atoms with E-state index in [9.17, 15) is 18.4 Å². The maximum atomic E-state index is 14.7. The van der Waals surface area contributed by atoms with Crippen molar-refractivity contribution >= 4 is 17.5 Å². The Bertz CT molecular complexity index is 800. The molecule has 6 heteroatoms. The van der Waals surface area contributed by atoms with Crippen LogP contribution in [0.25, 0.3) is 0 Å². The van der Waals surface area contributed by atoms with Crippen LogP contribution in [0.15, 0.2) is 42.5 Å². The maximum absolute atomic E-state index is 14.7. The topological polar surface area (TPSA) is 58.2 Å². The zero-order valence-corrected chi connectivity index (χ0v) is 14.2. The molecule has 0 saturated heterocycles. The van der Waals surface area contributed by atoms with E-state index in [0.717, 1.165) is 32.1 Å². The first kappa shape index (κ1) is 18.0. The summed E-state index contributed by atoms with van der Waals surface area (Å²) in [5.41, 5.74) is -0.0409. The Morgan fingerprint density at radius 3 is 2.12 bits per heavy atom. The molecule has 0 aromatic heterocycles. The van der Waals surface area contributed by atoms with Gasteiger partial charge in [-0.3, -0.25) is 9.59 Å². The van der Waals surface area contributed by atoms with Crippen molar-refractivity contribution in [1.82, 2.24) is 5.32 Å². The second-order valence-electron chi connectivity index (χ2n) is 6.44. The molecular formula is C20H20F2N2O2. The summed E-state index contributed by atoms with van der Waals surface area (Å²) in [7, 11) is 0. The number of amides is 2. The summed E-state index contributed by atoms with van der Waals surface area (Å²) in [5, 5.41) is 5.34. The zero-order valence-electron chi connectivity index (χ0n) is 14.2. The molecule has 2 N–H and O–H groups in total. The third-order valence-electron chi connectivity index (χ3n) is 4.53. The summed E-state index contributed by atoms with van der Waals surface area (Å²) >= 11 is 0. The minimum absolute atomic E-state index is 0.0485. The molecular weight excluding hydrogens is 338 g/mol. The molecule has 2 amide bonds. The SMILES string of the molecule is O=C(Nc1ccc(F)cc1)c1cccc(C(=O)NC2CCCCC2)c1F. The highest BCUT2D eigenvalue weighted by atomic mass is 19.1. The predicted octanol–water partition coefficient (Wildman–Crippen LogP) is 4.28. The molecule has 2 aromatic rings. The highest BCUT2D eigenvalue weighted by Gasteiger charge is 2.22. The van der Waals surface area contributed by atoms with Crippen LogP contribution in [0.1, 0.15) is 52.8 Å². The lowest BCUT2D eigenvalue weighted by atomic mass is 9.95. The van der Waals surface area contributed by atoms with Crippen molar-refractivity contribution in [3.05, 3.63) is 65.2 Å². The Morgan fingerprint density at radius 1 is 0.846 bits per heavy atom. The number of hydrogen-bond donors (Lipinski definition) is 2. The molecule has 26 heavy (non-hydrogen) atoms. The van der Waals surface area contributed by atoms with Crippen LogP contribution >= 0.6 is 0 Å². The van der Waals surface area contributed by atoms with Gasteiger partial charge < -0.3 is 10.6 Å². The number of rotatable bonds is 4. The van der Waals surface area contributed by atoms with Crippen molar-refractivity contribution in [2.45, 2.75) is 38.1 Å². The Hall–Kier alpha value is -2.76. The molecule has 1 fully saturated rings. The summed E-state index contributed by atoms with van der Waals surface area (Å²) in [5.74, 6) is -2.50. The molecule has 0 atom stereocenters. The van der Waals surface area contributed by atoms with E-state index in [1.165, 1.54) is 42.5 Å². The van der Waals surface area contributed by atoms with Crippen molar-refractivity contribution in [3.63, 3.8) is 0 Å². The quantitative estimate of drug-likeness (QED) is 0.857. The van der Waals surface area contributed by atoms with E-state index in [4.69, 9.17) is 0 Å². The molecule has 0 bridgehead atoms. The molecule has 1 saturated carbocycles. The minimum atomic E-state index is -0.861. The average molecular weight is 358 g/mol. The summed E-state index contributed by atoms with van der Waals surface area (Å²) in [6.45, 7) is 0. The van der Waals surface area contributed by atoms with Crippen LogP contribution in [0.3, 0.4) is 0 Å². The fraction of sp³-hybridized carbons (Fsp3) is 0.300. The van der Waals surface area contributed by atoms with Crippen molar-refractivity contribution in [1.29, 1.82) is 0 Å². The van der Waals surface area contributed by atoms with Crippen molar-refractivity contribution in [3.8, 4) is 0 Å². The van der Waals surface area contributed by atoms with E-state index in [2.05, 4.69) is 10.6 Å². The number of carbonyl (C=O) groups excluding carboxylic acids is 2. The highest BCUT2D eigenvalue weighted by molar-refractivity contribution is 6.06. The Balaban J connectivity index is 1.74. The van der Waals surface area contributed by atoms with Crippen LogP contribution in [-0.2, 0) is 0 Å². The van der Waals surface area contributed by atoms with Crippen LogP contribution < -0.4 is 10.6 Å². The first-order valence-electron chi connectivity index (χ1n) is 8.71. The third-order valence-corrected chi connectivity index (χ3v) is 4.53. The molecule has 1 aliphatic carbocycles. The van der Waals surface area contributed by atoms with Crippen LogP contribution in [-0.4, -0.2) is 17.9 Å². The molecule has 0 radical (unpaired) electrons. The van der Waals surface area contributed by atoms with Crippen molar-refractivity contribution in [2.75, 3.05) is 5.32 Å². The predicted molar refractivity (Wildman–Crippen MR) is 95.1 cm³/mol. The van der Waals surface area contributed by atoms with Gasteiger partial charge in [0.25, 0.3) is 11.8 Å². The zero-order chi connectivity index (χ0) is 18.5. The molecule has 0 heterocycles. The van der Waals surface area contributed by atoms with Crippen LogP contribution in [0.4, 0.5) is 14.5 Å². The highest BCUT2D eigenvalue weighted by Crippen LogP contribution is 2.20. The normalized spacial score (nSPS) is 14.7. The van der Waals surface area contributed by atoms with E-state index >= 15 is 0 Å². The van der Waals surface area contributed by atoms with Gasteiger partial charge in [-0.2, -0.15) is 0 Å². The van der Waals surface area contributed by atoms with E-state index in [0.29, 0.717) is 5.69 Å². The van der Waals surface area contributed by atoms with Gasteiger partial charge in [0.05, 0.1) is 11.1 Å². The number of anilines is 1. The third kappa shape index (κ3) is 4.25. The van der Waals surface area contributed by atoms with Gasteiger partial charge in [-0.25, -0.2) is 8.78 Å². The number of benzene rings is 2. The van der Waals surface area contributed by atoms with E-state index in [1.54, 1.807) is 0 Å². The number of halogens is 2. The summed E-state index contributed by atoms with van der Waals surface area (Å²) in [6.07, 6.45) is 5.02. The molecule has 1 aliphatic rings. The Kier molecular flexibility index (Phi) is 5.61. The van der Waals surface area contributed by atoms with Gasteiger partial charge in [-0.15, -0.1) is 0 Å². The van der Waals surface area contributed by atoms with Crippen LogP contribution in [0, 0.1) is 11.6 Å². The molecule has 0 spiro atoms. The Labute approximate surface area is 150 Å². The lowest BCUT2D eigenvalue weighted by Gasteiger charge is -2.23. The van der Waals surface area contributed by atoms with Gasteiger partial charge >= 0.3 is 0 Å². The molecule has 2 aromatic carbocycles. The van der Waals surface area contributed by atoms with Gasteiger partial charge in [-0.1, -0.05) is 25.3 Å². The van der Waals surface area contributed by atoms with Crippen LogP contribution in [0.2, 0.25) is 0 Å². The smallest absolute Gasteiger partial charge is 0.258 e. The summed E-state index contributed by atoms with van der Waals surface area (Å²) in [6, 6.07) is 9.34. The van der Waals surface area contributed by atoms with Crippen molar-refractivity contribution < 1.29 is 18.4 Å². The fourth-order valence-corrected chi connectivity index (χ4v) is 3.12. The second-order valence-corrected chi connectivity index (χ2v) is 6.44. The molecule has 4 nitrogen and oxygen atoms in total. The first-order chi connectivity index (χ1) is 12.5. The maximum Gasteiger partial charge on any atom is 0.258 e. The monoisotopic (exact) mass is 358 g/mol. The molecule has 0 aliphatic heterocycles. The number of carbonyl (C=O) groups is 2. The lowest BCUT2D eigenvalue weighted by Crippen LogP contribution is -2.36. The number of hydrogen-bond acceptors (Lipinski definition) is 2. The summed E-state index contributed by atoms with van der Waals surface area (Å²) < 4.78 is 27.6. The summed E-state index contributed by atoms with van der Waals surface area (Å²) in [4.78, 5) is 24.7. The van der Waals surface area contributed by atoms with Crippen LogP contribution in [0.5, 0.6) is 0 Å². The number of nitrogens with one attached hydrogen (secondary N) is 2. The van der Waals surface area contributed by atoms with Gasteiger partial charge in [0.15, 0.2) is 0 Å². The average Bonchev–Trinajstić information content (AvgIpc) is 2.64. The first-order valence-corrected chi connectivity index (χ1v) is 8.71. The molecule has 0 unspecified atom stereocenters. The lowest BCUT2D eigenvalue weighted by molar-refractivity contribution is 0.0923. The van der Waals surface area contributed by atoms with E-state index < -0.39 is 23.4 Å². The van der Waals surface area contributed by atoms with Gasteiger partial charge in [0.2, 0.25) is 0 Å². The minimum Gasteiger partial charge on any atom is -0.349 e. The molecule has 3 rings (SSSR count).